The van der Waals surface area contributed by atoms with Crippen LogP contribution in [0.4, 0.5) is 10.1 Å². The lowest BCUT2D eigenvalue weighted by molar-refractivity contribution is 0.477. The molecule has 0 saturated heterocycles. The number of halogens is 1. The van der Waals surface area contributed by atoms with E-state index in [0.29, 0.717) is 22.8 Å². The number of nitrogens with one attached hydrogen (secondary N) is 1. The number of anilines is 1. The molecule has 2 N–H and O–H groups in total. The van der Waals surface area contributed by atoms with E-state index >= 15 is 0 Å². The van der Waals surface area contributed by atoms with Crippen LogP contribution in [0.2, 0.25) is 0 Å². The van der Waals surface area contributed by atoms with E-state index in [1.165, 1.54) is 6.07 Å². The first-order valence-corrected chi connectivity index (χ1v) is 7.92. The first kappa shape index (κ1) is 14.6. The fraction of sp³-hybridized carbons (Fsp3) is 0.286. The minimum absolute atomic E-state index is 0.0263. The van der Waals surface area contributed by atoms with Crippen LogP contribution in [0.3, 0.4) is 0 Å². The van der Waals surface area contributed by atoms with E-state index in [0.717, 1.165) is 6.07 Å². The van der Waals surface area contributed by atoms with E-state index in [2.05, 4.69) is 4.72 Å². The Kier molecular flexibility index (Phi) is 3.85. The molecule has 2 aromatic rings. The maximum Gasteiger partial charge on any atom is 0.232 e. The number of sulfonamides is 1. The third kappa shape index (κ3) is 2.70. The van der Waals surface area contributed by atoms with Crippen molar-refractivity contribution in [3.05, 3.63) is 35.6 Å². The molecule has 0 aliphatic heterocycles. The van der Waals surface area contributed by atoms with E-state index < -0.39 is 15.8 Å². The van der Waals surface area contributed by atoms with E-state index in [9.17, 15) is 17.9 Å². The van der Waals surface area contributed by atoms with Crippen molar-refractivity contribution in [2.75, 3.05) is 10.5 Å². The average molecular weight is 297 g/mol. The number of phenolic OH excluding ortho intramolecular Hbond substituents is 1. The molecule has 20 heavy (non-hydrogen) atoms. The normalized spacial score (nSPS) is 11.8. The zero-order chi connectivity index (χ0) is 14.9. The predicted molar refractivity (Wildman–Crippen MR) is 78.0 cm³/mol. The highest BCUT2D eigenvalue weighted by molar-refractivity contribution is 7.92. The summed E-state index contributed by atoms with van der Waals surface area (Å²) >= 11 is 0. The number of aryl methyl sites for hydroxylation is 1. The molecule has 0 bridgehead atoms. The summed E-state index contributed by atoms with van der Waals surface area (Å²) in [4.78, 5) is 0. The van der Waals surface area contributed by atoms with Gasteiger partial charge in [0, 0.05) is 10.8 Å². The van der Waals surface area contributed by atoms with Crippen molar-refractivity contribution in [3.8, 4) is 5.75 Å². The van der Waals surface area contributed by atoms with Crippen molar-refractivity contribution in [2.45, 2.75) is 20.3 Å². The Labute approximate surface area is 117 Å². The molecule has 0 fully saturated rings. The number of benzene rings is 2. The zero-order valence-electron chi connectivity index (χ0n) is 11.3. The molecule has 0 saturated carbocycles. The summed E-state index contributed by atoms with van der Waals surface area (Å²) < 4.78 is 39.8. The molecule has 0 spiro atoms. The average Bonchev–Trinajstić information content (AvgIpc) is 2.37. The van der Waals surface area contributed by atoms with Crippen molar-refractivity contribution in [2.24, 2.45) is 0 Å². The number of hydrogen-bond acceptors (Lipinski definition) is 3. The number of rotatable bonds is 4. The van der Waals surface area contributed by atoms with Crippen molar-refractivity contribution in [1.82, 2.24) is 0 Å². The summed E-state index contributed by atoms with van der Waals surface area (Å²) in [5, 5.41) is 10.7. The van der Waals surface area contributed by atoms with Gasteiger partial charge in [-0.2, -0.15) is 0 Å². The van der Waals surface area contributed by atoms with E-state index in [-0.39, 0.29) is 17.2 Å². The standard InChI is InChI=1S/C14H16FNO3S/c1-3-8-20(18,19)16-13-10-5-4-9(2)14(17)11(10)6-7-12(13)15/h4-7,16-17H,3,8H2,1-2H3. The molecule has 4 nitrogen and oxygen atoms in total. The van der Waals surface area contributed by atoms with Crippen LogP contribution < -0.4 is 4.72 Å². The SMILES string of the molecule is CCCS(=O)(=O)Nc1c(F)ccc2c(O)c(C)ccc12. The smallest absolute Gasteiger partial charge is 0.232 e. The molecule has 0 unspecified atom stereocenters. The molecule has 0 amide bonds. The van der Waals surface area contributed by atoms with Gasteiger partial charge in [0.2, 0.25) is 10.0 Å². The van der Waals surface area contributed by atoms with Crippen molar-refractivity contribution in [3.63, 3.8) is 0 Å². The lowest BCUT2D eigenvalue weighted by Gasteiger charge is -2.13. The summed E-state index contributed by atoms with van der Waals surface area (Å²) in [7, 11) is -3.59. The highest BCUT2D eigenvalue weighted by Crippen LogP contribution is 2.34. The van der Waals surface area contributed by atoms with Crippen LogP contribution in [-0.4, -0.2) is 19.3 Å². The van der Waals surface area contributed by atoms with Gasteiger partial charge < -0.3 is 5.11 Å². The second kappa shape index (κ2) is 5.28. The van der Waals surface area contributed by atoms with Gasteiger partial charge in [-0.3, -0.25) is 4.72 Å². The molecule has 6 heteroatoms. The van der Waals surface area contributed by atoms with Crippen LogP contribution in [0.1, 0.15) is 18.9 Å². The van der Waals surface area contributed by atoms with Crippen molar-refractivity contribution < 1.29 is 17.9 Å². The van der Waals surface area contributed by atoms with Crippen molar-refractivity contribution in [1.29, 1.82) is 0 Å². The first-order valence-electron chi connectivity index (χ1n) is 6.27. The van der Waals surface area contributed by atoms with Gasteiger partial charge in [-0.25, -0.2) is 12.8 Å². The van der Waals surface area contributed by atoms with Crippen LogP contribution in [0.15, 0.2) is 24.3 Å². The maximum atomic E-state index is 13.9. The zero-order valence-corrected chi connectivity index (χ0v) is 12.1. The topological polar surface area (TPSA) is 66.4 Å². The summed E-state index contributed by atoms with van der Waals surface area (Å²) in [6, 6.07) is 5.79. The van der Waals surface area contributed by atoms with E-state index in [1.807, 2.05) is 0 Å². The van der Waals surface area contributed by atoms with Crippen LogP contribution in [0, 0.1) is 12.7 Å². The molecular formula is C14H16FNO3S. The van der Waals surface area contributed by atoms with Gasteiger partial charge in [0.25, 0.3) is 0 Å². The first-order chi connectivity index (χ1) is 9.35. The monoisotopic (exact) mass is 297 g/mol. The fourth-order valence-corrected chi connectivity index (χ4v) is 3.21. The van der Waals surface area contributed by atoms with Gasteiger partial charge in [0.1, 0.15) is 11.6 Å². The van der Waals surface area contributed by atoms with Crippen LogP contribution in [0.25, 0.3) is 10.8 Å². The van der Waals surface area contributed by atoms with Gasteiger partial charge in [0.15, 0.2) is 0 Å². The third-order valence-electron chi connectivity index (χ3n) is 3.05. The summed E-state index contributed by atoms with van der Waals surface area (Å²) in [6.07, 6.45) is 0.437. The van der Waals surface area contributed by atoms with Crippen molar-refractivity contribution >= 4 is 26.5 Å². The lowest BCUT2D eigenvalue weighted by atomic mass is 10.0. The third-order valence-corrected chi connectivity index (χ3v) is 4.51. The van der Waals surface area contributed by atoms with Gasteiger partial charge >= 0.3 is 0 Å². The number of aromatic hydroxyl groups is 1. The number of fused-ring (bicyclic) bond motifs is 1. The number of phenols is 1. The van der Waals surface area contributed by atoms with Crippen LogP contribution >= 0.6 is 0 Å². The number of hydrogen-bond donors (Lipinski definition) is 2. The molecule has 108 valence electrons. The Morgan fingerprint density at radius 1 is 1.20 bits per heavy atom. The maximum absolute atomic E-state index is 13.9. The molecule has 2 rings (SSSR count). The Morgan fingerprint density at radius 2 is 1.85 bits per heavy atom. The highest BCUT2D eigenvalue weighted by Gasteiger charge is 2.16. The molecule has 0 aliphatic rings. The molecule has 0 radical (unpaired) electrons. The fourth-order valence-electron chi connectivity index (χ4n) is 2.05. The second-order valence-corrected chi connectivity index (χ2v) is 6.51. The van der Waals surface area contributed by atoms with E-state index in [1.54, 1.807) is 26.0 Å². The molecular weight excluding hydrogens is 281 g/mol. The van der Waals surface area contributed by atoms with Gasteiger partial charge in [-0.05, 0) is 31.0 Å². The molecule has 0 aliphatic carbocycles. The van der Waals surface area contributed by atoms with Gasteiger partial charge in [0.05, 0.1) is 11.4 Å². The Balaban J connectivity index is 2.64. The predicted octanol–water partition coefficient (Wildman–Crippen LogP) is 3.14. The van der Waals surface area contributed by atoms with Crippen LogP contribution in [0.5, 0.6) is 5.75 Å². The summed E-state index contributed by atoms with van der Waals surface area (Å²) in [5.74, 6) is -0.723. The second-order valence-electron chi connectivity index (χ2n) is 4.67. The minimum Gasteiger partial charge on any atom is -0.507 e. The molecule has 2 aromatic carbocycles. The summed E-state index contributed by atoms with van der Waals surface area (Å²) in [5.41, 5.74) is 0.526. The Bertz CT molecular complexity index is 757. The lowest BCUT2D eigenvalue weighted by Crippen LogP contribution is -2.17. The molecule has 0 aromatic heterocycles. The van der Waals surface area contributed by atoms with Gasteiger partial charge in [-0.1, -0.05) is 19.1 Å². The minimum atomic E-state index is -3.59. The summed E-state index contributed by atoms with van der Waals surface area (Å²) in [6.45, 7) is 3.45. The quantitative estimate of drug-likeness (QED) is 0.911. The Morgan fingerprint density at radius 3 is 2.50 bits per heavy atom. The Hall–Kier alpha value is -1.82. The van der Waals surface area contributed by atoms with Crippen LogP contribution in [-0.2, 0) is 10.0 Å². The van der Waals surface area contributed by atoms with E-state index in [4.69, 9.17) is 0 Å². The van der Waals surface area contributed by atoms with Gasteiger partial charge in [-0.15, -0.1) is 0 Å². The highest BCUT2D eigenvalue weighted by atomic mass is 32.2. The largest absolute Gasteiger partial charge is 0.507 e. The molecule has 0 heterocycles. The molecule has 0 atom stereocenters.